The Hall–Kier alpha value is -6.92. The second-order valence-electron chi connectivity index (χ2n) is 20.2. The number of piperidine rings is 4. The van der Waals surface area contributed by atoms with Crippen molar-refractivity contribution >= 4 is 52.2 Å². The summed E-state index contributed by atoms with van der Waals surface area (Å²) < 4.78 is 8.10. The van der Waals surface area contributed by atoms with Crippen LogP contribution in [0.5, 0.6) is 11.5 Å². The average molecular weight is 963 g/mol. The number of nitrogens with zero attached hydrogens (tertiary/aromatic N) is 10. The van der Waals surface area contributed by atoms with Gasteiger partial charge in [-0.3, -0.25) is 34.3 Å². The highest BCUT2D eigenvalue weighted by Gasteiger charge is 2.45. The third kappa shape index (κ3) is 9.66. The molecule has 0 bridgehead atoms. The van der Waals surface area contributed by atoms with Gasteiger partial charge in [-0.2, -0.15) is 5.10 Å². The van der Waals surface area contributed by atoms with Crippen molar-refractivity contribution < 1.29 is 28.7 Å². The molecule has 0 aliphatic carbocycles. The van der Waals surface area contributed by atoms with Crippen LogP contribution >= 0.6 is 0 Å². The number of rotatable bonds is 11. The Morgan fingerprint density at radius 1 is 0.690 bits per heavy atom. The number of aromatic nitrogens is 4. The van der Waals surface area contributed by atoms with Gasteiger partial charge in [-0.1, -0.05) is 18.2 Å². The normalized spacial score (nSPS) is 21.3. The van der Waals surface area contributed by atoms with E-state index in [1.807, 2.05) is 60.7 Å². The van der Waals surface area contributed by atoms with Gasteiger partial charge in [-0.15, -0.1) is 0 Å². The number of carbonyl (C=O) groups is 5. The summed E-state index contributed by atoms with van der Waals surface area (Å²) in [7, 11) is 0. The molecule has 5 aromatic rings. The van der Waals surface area contributed by atoms with Crippen molar-refractivity contribution in [2.45, 2.75) is 69.9 Å². The number of nitrogen functional groups attached to an aromatic ring is 1. The van der Waals surface area contributed by atoms with Gasteiger partial charge < -0.3 is 30.1 Å². The molecule has 18 nitrogen and oxygen atoms in total. The maximum atomic E-state index is 13.7. The Morgan fingerprint density at radius 3 is 2.07 bits per heavy atom. The standard InChI is InChI=1S/C53H62N12O6/c54-48-46-47(37-6-9-41(10-7-37)71-40-4-2-1-3-5-40)58-65(49(46)56-34-55-48)38-19-22-60(23-20-38)33-36-17-26-63(27-18-36)53(70)62-24-15-35(16-25-62)14-21-59-28-30-61(31-29-59)39-8-11-42-43(32-39)52(69)64(51(42)68)44-12-13-45(66)57-50(44)67/h1-11,32,34-36,38,44H,12-31,33H2,(H2,54,55,56)(H,57,66,67). The van der Waals surface area contributed by atoms with E-state index in [2.05, 4.69) is 44.5 Å². The average Bonchev–Trinajstić information content (AvgIpc) is 3.91. The van der Waals surface area contributed by atoms with E-state index < -0.39 is 23.8 Å². The fraction of sp³-hybridized carbons (Fsp3) is 0.472. The molecule has 8 heterocycles. The molecule has 1 atom stereocenters. The zero-order valence-electron chi connectivity index (χ0n) is 40.2. The smallest absolute Gasteiger partial charge is 0.319 e. The Morgan fingerprint density at radius 2 is 1.37 bits per heavy atom. The van der Waals surface area contributed by atoms with Gasteiger partial charge in [-0.25, -0.2) is 19.4 Å². The minimum absolute atomic E-state index is 0.0937. The van der Waals surface area contributed by atoms with Crippen LogP contribution in [0.25, 0.3) is 22.3 Å². The Bertz CT molecular complexity index is 2790. The highest BCUT2D eigenvalue weighted by atomic mass is 16.5. The van der Waals surface area contributed by atoms with Gasteiger partial charge in [0, 0.05) is 89.7 Å². The van der Waals surface area contributed by atoms with E-state index in [-0.39, 0.29) is 30.8 Å². The molecule has 71 heavy (non-hydrogen) atoms. The van der Waals surface area contributed by atoms with E-state index >= 15 is 0 Å². The third-order valence-electron chi connectivity index (χ3n) is 15.8. The number of imide groups is 2. The molecular weight excluding hydrogens is 901 g/mol. The van der Waals surface area contributed by atoms with Gasteiger partial charge in [0.2, 0.25) is 11.8 Å². The topological polar surface area (TPSA) is 196 Å². The predicted molar refractivity (Wildman–Crippen MR) is 267 cm³/mol. The first-order valence-corrected chi connectivity index (χ1v) is 25.5. The second kappa shape index (κ2) is 20.1. The van der Waals surface area contributed by atoms with E-state index in [1.165, 1.54) is 6.33 Å². The Kier molecular flexibility index (Phi) is 13.1. The fourth-order valence-electron chi connectivity index (χ4n) is 11.6. The van der Waals surface area contributed by atoms with Crippen LogP contribution in [0.3, 0.4) is 0 Å². The summed E-state index contributed by atoms with van der Waals surface area (Å²) in [5, 5.41) is 8.16. The molecular formula is C53H62N12O6. The van der Waals surface area contributed by atoms with Crippen molar-refractivity contribution in [3.63, 3.8) is 0 Å². The van der Waals surface area contributed by atoms with E-state index in [1.54, 1.807) is 12.1 Å². The van der Waals surface area contributed by atoms with Crippen LogP contribution in [0.4, 0.5) is 16.3 Å². The van der Waals surface area contributed by atoms with Gasteiger partial charge in [0.05, 0.1) is 22.6 Å². The van der Waals surface area contributed by atoms with Gasteiger partial charge in [0.1, 0.15) is 35.4 Å². The molecule has 0 radical (unpaired) electrons. The van der Waals surface area contributed by atoms with Crippen LogP contribution in [0.15, 0.2) is 79.1 Å². The summed E-state index contributed by atoms with van der Waals surface area (Å²) in [4.78, 5) is 85.9. The zero-order chi connectivity index (χ0) is 48.6. The summed E-state index contributed by atoms with van der Waals surface area (Å²) in [5.74, 6) is 1.16. The largest absolute Gasteiger partial charge is 0.457 e. The Balaban J connectivity index is 0.593. The minimum Gasteiger partial charge on any atom is -0.457 e. The Labute approximate surface area is 413 Å². The van der Waals surface area contributed by atoms with Crippen molar-refractivity contribution in [3.8, 4) is 22.8 Å². The van der Waals surface area contributed by atoms with E-state index in [0.29, 0.717) is 28.8 Å². The van der Waals surface area contributed by atoms with Gasteiger partial charge in [0.25, 0.3) is 11.8 Å². The maximum absolute atomic E-state index is 13.7. The molecule has 5 fully saturated rings. The van der Waals surface area contributed by atoms with Crippen molar-refractivity contribution in [1.29, 1.82) is 0 Å². The number of ether oxygens (including phenoxy) is 1. The molecule has 3 N–H and O–H groups in total. The van der Waals surface area contributed by atoms with Crippen LogP contribution < -0.4 is 20.7 Å². The number of carbonyl (C=O) groups excluding carboxylic acids is 5. The van der Waals surface area contributed by atoms with Gasteiger partial charge >= 0.3 is 6.03 Å². The first-order valence-electron chi connectivity index (χ1n) is 25.5. The zero-order valence-corrected chi connectivity index (χ0v) is 40.2. The lowest BCUT2D eigenvalue weighted by Gasteiger charge is -2.41. The minimum atomic E-state index is -0.972. The number of hydrogen-bond donors (Lipinski definition) is 2. The van der Waals surface area contributed by atoms with Crippen molar-refractivity contribution in [3.05, 3.63) is 90.3 Å². The lowest BCUT2D eigenvalue weighted by molar-refractivity contribution is -0.136. The third-order valence-corrected chi connectivity index (χ3v) is 15.8. The molecule has 11 rings (SSSR count). The number of hydrogen-bond acceptors (Lipinski definition) is 13. The van der Waals surface area contributed by atoms with Crippen molar-refractivity contribution in [1.82, 2.24) is 49.6 Å². The highest BCUT2D eigenvalue weighted by Crippen LogP contribution is 2.37. The molecule has 3 aromatic carbocycles. The first-order chi connectivity index (χ1) is 34.6. The van der Waals surface area contributed by atoms with Crippen LogP contribution in [0.1, 0.15) is 84.5 Å². The van der Waals surface area contributed by atoms with E-state index in [0.717, 1.165) is 168 Å². The van der Waals surface area contributed by atoms with Gasteiger partial charge in [-0.05, 0) is 124 Å². The molecule has 0 saturated carbocycles. The molecule has 2 aromatic heterocycles. The summed E-state index contributed by atoms with van der Waals surface area (Å²) in [6.07, 6.45) is 8.93. The molecule has 18 heteroatoms. The molecule has 5 saturated heterocycles. The number of urea groups is 1. The fourth-order valence-corrected chi connectivity index (χ4v) is 11.6. The summed E-state index contributed by atoms with van der Waals surface area (Å²) in [6.45, 7) is 10.7. The molecule has 6 amide bonds. The molecule has 0 spiro atoms. The van der Waals surface area contributed by atoms with Crippen LogP contribution in [-0.2, 0) is 9.59 Å². The number of likely N-dealkylation sites (tertiary alicyclic amines) is 3. The number of benzene rings is 3. The van der Waals surface area contributed by atoms with Crippen LogP contribution in [-0.4, -0.2) is 158 Å². The molecule has 6 aliphatic rings. The molecule has 1 unspecified atom stereocenters. The summed E-state index contributed by atoms with van der Waals surface area (Å²) in [6, 6.07) is 22.4. The summed E-state index contributed by atoms with van der Waals surface area (Å²) >= 11 is 0. The number of nitrogens with one attached hydrogen (secondary N) is 1. The van der Waals surface area contributed by atoms with Crippen LogP contribution in [0, 0.1) is 11.8 Å². The number of anilines is 2. The quantitative estimate of drug-likeness (QED) is 0.154. The van der Waals surface area contributed by atoms with Gasteiger partial charge in [0.15, 0.2) is 5.65 Å². The predicted octanol–water partition coefficient (Wildman–Crippen LogP) is 5.66. The number of nitrogens with two attached hydrogens (primary N) is 1. The van der Waals surface area contributed by atoms with Crippen molar-refractivity contribution in [2.24, 2.45) is 11.8 Å². The number of para-hydroxylation sites is 1. The lowest BCUT2D eigenvalue weighted by Crippen LogP contribution is -2.54. The number of amides is 6. The van der Waals surface area contributed by atoms with E-state index in [4.69, 9.17) is 15.6 Å². The maximum Gasteiger partial charge on any atom is 0.319 e. The first kappa shape index (κ1) is 46.5. The second-order valence-corrected chi connectivity index (χ2v) is 20.2. The van der Waals surface area contributed by atoms with Crippen molar-refractivity contribution in [2.75, 3.05) is 89.2 Å². The number of piperazine rings is 1. The lowest BCUT2D eigenvalue weighted by atomic mass is 9.93. The molecule has 6 aliphatic heterocycles. The highest BCUT2D eigenvalue weighted by molar-refractivity contribution is 6.23. The molecule has 370 valence electrons. The summed E-state index contributed by atoms with van der Waals surface area (Å²) in [5.41, 5.74) is 10.4. The number of fused-ring (bicyclic) bond motifs is 2. The van der Waals surface area contributed by atoms with E-state index in [9.17, 15) is 24.0 Å². The monoisotopic (exact) mass is 962 g/mol. The SMILES string of the molecule is Nc1ncnc2c1c(-c1ccc(Oc3ccccc3)cc1)nn2C1CCN(CC2CCN(C(=O)N3CCC(CCN4CCN(c5ccc6c(c5)C(=O)N(C5CCC(=O)NC5=O)C6=O)CC4)CC3)CC2)CC1. The van der Waals surface area contributed by atoms with Crippen LogP contribution in [0.2, 0.25) is 0 Å².